The minimum Gasteiger partial charge on any atom is -0.347 e. The van der Waals surface area contributed by atoms with E-state index in [-0.39, 0.29) is 12.1 Å². The van der Waals surface area contributed by atoms with Crippen molar-refractivity contribution in [2.24, 2.45) is 0 Å². The summed E-state index contributed by atoms with van der Waals surface area (Å²) in [6.45, 7) is 0.823. The zero-order valence-electron chi connectivity index (χ0n) is 11.7. The van der Waals surface area contributed by atoms with E-state index in [1.54, 1.807) is 0 Å². The van der Waals surface area contributed by atoms with E-state index < -0.39 is 17.6 Å². The highest BCUT2D eigenvalue weighted by Crippen LogP contribution is 2.37. The number of ether oxygens (including phenoxy) is 2. The van der Waals surface area contributed by atoms with Gasteiger partial charge in [0.1, 0.15) is 6.10 Å². The van der Waals surface area contributed by atoms with Crippen molar-refractivity contribution in [2.45, 2.75) is 62.9 Å². The van der Waals surface area contributed by atoms with E-state index in [0.29, 0.717) is 13.2 Å². The van der Waals surface area contributed by atoms with Gasteiger partial charge in [0.05, 0.1) is 6.61 Å². The molecule has 6 nitrogen and oxygen atoms in total. The van der Waals surface area contributed by atoms with Crippen LogP contribution in [0.25, 0.3) is 0 Å². The van der Waals surface area contributed by atoms with Crippen molar-refractivity contribution in [1.82, 2.24) is 10.6 Å². The van der Waals surface area contributed by atoms with Crippen LogP contribution in [0.1, 0.15) is 44.9 Å². The van der Waals surface area contributed by atoms with E-state index in [4.69, 9.17) is 9.47 Å². The Kier molecular flexibility index (Phi) is 3.94. The minimum absolute atomic E-state index is 0.147. The zero-order chi connectivity index (χ0) is 14.0. The average Bonchev–Trinajstić information content (AvgIpc) is 3.19. The Bertz CT molecular complexity index is 389. The van der Waals surface area contributed by atoms with Gasteiger partial charge in [-0.15, -0.1) is 0 Å². The van der Waals surface area contributed by atoms with Gasteiger partial charge in [0.2, 0.25) is 0 Å². The van der Waals surface area contributed by atoms with Crippen molar-refractivity contribution >= 4 is 11.8 Å². The molecule has 1 aliphatic heterocycles. The largest absolute Gasteiger partial charge is 0.347 e. The molecule has 0 unspecified atom stereocenters. The Morgan fingerprint density at radius 3 is 2.55 bits per heavy atom. The van der Waals surface area contributed by atoms with E-state index in [9.17, 15) is 9.59 Å². The van der Waals surface area contributed by atoms with E-state index >= 15 is 0 Å². The number of amides is 2. The number of hydrogen-bond donors (Lipinski definition) is 2. The third-order valence-corrected chi connectivity index (χ3v) is 4.14. The first-order valence-electron chi connectivity index (χ1n) is 7.57. The summed E-state index contributed by atoms with van der Waals surface area (Å²) in [7, 11) is 0. The predicted octanol–water partition coefficient (Wildman–Crippen LogP) is 0.457. The van der Waals surface area contributed by atoms with Gasteiger partial charge >= 0.3 is 11.8 Å². The third-order valence-electron chi connectivity index (χ3n) is 4.14. The maximum absolute atomic E-state index is 11.6. The zero-order valence-corrected chi connectivity index (χ0v) is 11.7. The Hall–Kier alpha value is -1.14. The summed E-state index contributed by atoms with van der Waals surface area (Å²) in [5, 5.41) is 5.29. The molecule has 20 heavy (non-hydrogen) atoms. The van der Waals surface area contributed by atoms with Gasteiger partial charge in [-0.25, -0.2) is 0 Å². The van der Waals surface area contributed by atoms with Crippen molar-refractivity contribution in [2.75, 3.05) is 13.2 Å². The van der Waals surface area contributed by atoms with Gasteiger partial charge in [0.15, 0.2) is 5.79 Å². The van der Waals surface area contributed by atoms with Gasteiger partial charge in [-0.1, -0.05) is 6.42 Å². The van der Waals surface area contributed by atoms with Crippen LogP contribution in [0.2, 0.25) is 0 Å². The molecule has 2 saturated carbocycles. The molecule has 3 rings (SSSR count). The number of rotatable bonds is 3. The van der Waals surface area contributed by atoms with E-state index in [2.05, 4.69) is 10.6 Å². The molecule has 0 aromatic carbocycles. The normalized spacial score (nSPS) is 28.3. The van der Waals surface area contributed by atoms with Gasteiger partial charge in [-0.3, -0.25) is 9.59 Å². The van der Waals surface area contributed by atoms with Crippen LogP contribution in [0.15, 0.2) is 0 Å². The van der Waals surface area contributed by atoms with Crippen molar-refractivity contribution in [3.8, 4) is 0 Å². The van der Waals surface area contributed by atoms with Gasteiger partial charge in [0, 0.05) is 25.4 Å². The molecule has 2 amide bonds. The van der Waals surface area contributed by atoms with Crippen LogP contribution in [0.4, 0.5) is 0 Å². The third kappa shape index (κ3) is 3.30. The highest BCUT2D eigenvalue weighted by molar-refractivity contribution is 6.35. The standard InChI is InChI=1S/C14H22N2O4/c17-12(13(18)16-10-4-5-10)15-8-11-9-19-14(20-11)6-2-1-3-7-14/h10-11H,1-9H2,(H,15,17)(H,16,18)/t11-/m1/s1. The maximum atomic E-state index is 11.6. The van der Waals surface area contributed by atoms with Crippen LogP contribution in [-0.4, -0.2) is 42.9 Å². The smallest absolute Gasteiger partial charge is 0.309 e. The first-order valence-corrected chi connectivity index (χ1v) is 7.57. The molecule has 1 saturated heterocycles. The molecular formula is C14H22N2O4. The summed E-state index contributed by atoms with van der Waals surface area (Å²) in [6, 6.07) is 0.199. The maximum Gasteiger partial charge on any atom is 0.309 e. The van der Waals surface area contributed by atoms with Gasteiger partial charge in [-0.2, -0.15) is 0 Å². The van der Waals surface area contributed by atoms with Crippen molar-refractivity contribution in [3.05, 3.63) is 0 Å². The lowest BCUT2D eigenvalue weighted by Crippen LogP contribution is -2.44. The predicted molar refractivity (Wildman–Crippen MR) is 70.8 cm³/mol. The molecule has 0 aromatic rings. The van der Waals surface area contributed by atoms with E-state index in [1.165, 1.54) is 6.42 Å². The monoisotopic (exact) mass is 282 g/mol. The van der Waals surface area contributed by atoms with Crippen molar-refractivity contribution in [3.63, 3.8) is 0 Å². The van der Waals surface area contributed by atoms with Crippen LogP contribution in [0, 0.1) is 0 Å². The number of carbonyl (C=O) groups is 2. The lowest BCUT2D eigenvalue weighted by molar-refractivity contribution is -0.186. The number of hydrogen-bond acceptors (Lipinski definition) is 4. The topological polar surface area (TPSA) is 76.7 Å². The second-order valence-electron chi connectivity index (χ2n) is 5.98. The molecule has 0 aromatic heterocycles. The van der Waals surface area contributed by atoms with Crippen LogP contribution in [0.3, 0.4) is 0 Å². The second kappa shape index (κ2) is 5.69. The summed E-state index contributed by atoms with van der Waals surface area (Å²) >= 11 is 0. The highest BCUT2D eigenvalue weighted by atomic mass is 16.7. The average molecular weight is 282 g/mol. The Labute approximate surface area is 118 Å². The lowest BCUT2D eigenvalue weighted by Gasteiger charge is -2.31. The summed E-state index contributed by atoms with van der Waals surface area (Å²) in [4.78, 5) is 23.1. The fourth-order valence-corrected chi connectivity index (χ4v) is 2.84. The molecule has 6 heteroatoms. The van der Waals surface area contributed by atoms with Crippen LogP contribution in [-0.2, 0) is 19.1 Å². The van der Waals surface area contributed by atoms with Gasteiger partial charge in [-0.05, 0) is 25.7 Å². The molecule has 1 spiro atoms. The molecular weight excluding hydrogens is 260 g/mol. The molecule has 0 radical (unpaired) electrons. The summed E-state index contributed by atoms with van der Waals surface area (Å²) in [5.74, 6) is -1.55. The Balaban J connectivity index is 1.40. The Morgan fingerprint density at radius 2 is 1.85 bits per heavy atom. The number of carbonyl (C=O) groups excluding carboxylic acids is 2. The molecule has 0 bridgehead atoms. The lowest BCUT2D eigenvalue weighted by atomic mass is 9.94. The number of nitrogens with one attached hydrogen (secondary N) is 2. The van der Waals surface area contributed by atoms with Gasteiger partial charge in [0.25, 0.3) is 0 Å². The first-order chi connectivity index (χ1) is 9.67. The van der Waals surface area contributed by atoms with Gasteiger partial charge < -0.3 is 20.1 Å². The molecule has 2 aliphatic carbocycles. The summed E-state index contributed by atoms with van der Waals surface area (Å²) < 4.78 is 11.7. The first kappa shape index (κ1) is 13.8. The molecule has 2 N–H and O–H groups in total. The van der Waals surface area contributed by atoms with Crippen LogP contribution in [0.5, 0.6) is 0 Å². The van der Waals surface area contributed by atoms with Crippen LogP contribution >= 0.6 is 0 Å². The molecule has 3 aliphatic rings. The minimum atomic E-state index is -0.579. The highest BCUT2D eigenvalue weighted by Gasteiger charge is 2.42. The Morgan fingerprint density at radius 1 is 1.10 bits per heavy atom. The van der Waals surface area contributed by atoms with Crippen molar-refractivity contribution < 1.29 is 19.1 Å². The summed E-state index contributed by atoms with van der Waals surface area (Å²) in [5.41, 5.74) is 0. The quantitative estimate of drug-likeness (QED) is 0.737. The van der Waals surface area contributed by atoms with E-state index in [1.807, 2.05) is 0 Å². The second-order valence-corrected chi connectivity index (χ2v) is 5.98. The fraction of sp³-hybridized carbons (Fsp3) is 0.857. The van der Waals surface area contributed by atoms with Crippen molar-refractivity contribution in [1.29, 1.82) is 0 Å². The fourth-order valence-electron chi connectivity index (χ4n) is 2.84. The van der Waals surface area contributed by atoms with Crippen LogP contribution < -0.4 is 10.6 Å². The summed E-state index contributed by atoms with van der Waals surface area (Å²) in [6.07, 6.45) is 7.15. The molecule has 112 valence electrons. The molecule has 3 fully saturated rings. The molecule has 1 atom stereocenters. The molecule has 1 heterocycles. The van der Waals surface area contributed by atoms with E-state index in [0.717, 1.165) is 38.5 Å². The SMILES string of the molecule is O=C(NC[C@@H]1COC2(CCCCC2)O1)C(=O)NC1CC1.